The summed E-state index contributed by atoms with van der Waals surface area (Å²) in [4.78, 5) is 13.5. The Balaban J connectivity index is 2.13. The predicted octanol–water partition coefficient (Wildman–Crippen LogP) is 3.48. The number of rotatable bonds is 4. The van der Waals surface area contributed by atoms with Gasteiger partial charge in [-0.15, -0.1) is 0 Å². The van der Waals surface area contributed by atoms with Gasteiger partial charge in [-0.05, 0) is 56.1 Å². The molecule has 1 N–H and O–H groups in total. The first-order valence-electron chi connectivity index (χ1n) is 6.48. The standard InChI is InChI=1S/C14H17Cl2NO2/c15-11-6-10(7-12(16)9-11)8-13(14(18)19)17-4-2-1-3-5-17/h6-7,9,13H,1-5,8H2,(H,18,19). The Morgan fingerprint density at radius 2 is 1.74 bits per heavy atom. The Bertz CT molecular complexity index is 439. The van der Waals surface area contributed by atoms with Crippen LogP contribution in [-0.4, -0.2) is 35.1 Å². The van der Waals surface area contributed by atoms with Crippen LogP contribution in [-0.2, 0) is 11.2 Å². The number of hydrogen-bond donors (Lipinski definition) is 1. The lowest BCUT2D eigenvalue weighted by Crippen LogP contribution is -2.45. The van der Waals surface area contributed by atoms with E-state index in [1.54, 1.807) is 18.2 Å². The summed E-state index contributed by atoms with van der Waals surface area (Å²) < 4.78 is 0. The molecular weight excluding hydrogens is 285 g/mol. The molecule has 1 atom stereocenters. The highest BCUT2D eigenvalue weighted by Crippen LogP contribution is 2.22. The van der Waals surface area contributed by atoms with Crippen molar-refractivity contribution in [3.63, 3.8) is 0 Å². The van der Waals surface area contributed by atoms with Gasteiger partial charge in [-0.1, -0.05) is 29.6 Å². The zero-order chi connectivity index (χ0) is 13.8. The number of hydrogen-bond acceptors (Lipinski definition) is 2. The molecule has 19 heavy (non-hydrogen) atoms. The summed E-state index contributed by atoms with van der Waals surface area (Å²) in [6, 6.07) is 4.74. The first-order chi connectivity index (χ1) is 9.06. The Morgan fingerprint density at radius 3 is 2.26 bits per heavy atom. The molecule has 1 aromatic carbocycles. The number of carboxylic acids is 1. The maximum absolute atomic E-state index is 11.5. The van der Waals surface area contributed by atoms with E-state index in [-0.39, 0.29) is 0 Å². The number of halogens is 2. The van der Waals surface area contributed by atoms with Crippen molar-refractivity contribution in [3.8, 4) is 0 Å². The van der Waals surface area contributed by atoms with Crippen LogP contribution < -0.4 is 0 Å². The fourth-order valence-electron chi connectivity index (χ4n) is 2.55. The average Bonchev–Trinajstić information content (AvgIpc) is 2.35. The third-order valence-electron chi connectivity index (χ3n) is 3.47. The van der Waals surface area contributed by atoms with Gasteiger partial charge in [0.25, 0.3) is 0 Å². The number of nitrogens with zero attached hydrogens (tertiary/aromatic N) is 1. The summed E-state index contributed by atoms with van der Waals surface area (Å²) in [7, 11) is 0. The van der Waals surface area contributed by atoms with E-state index in [4.69, 9.17) is 23.2 Å². The fraction of sp³-hybridized carbons (Fsp3) is 0.500. The van der Waals surface area contributed by atoms with Gasteiger partial charge in [0.2, 0.25) is 0 Å². The summed E-state index contributed by atoms with van der Waals surface area (Å²) in [6.07, 6.45) is 3.77. The third-order valence-corrected chi connectivity index (χ3v) is 3.90. The molecule has 3 nitrogen and oxygen atoms in total. The lowest BCUT2D eigenvalue weighted by molar-refractivity contribution is -0.143. The number of likely N-dealkylation sites (tertiary alicyclic amines) is 1. The molecule has 1 heterocycles. The summed E-state index contributed by atoms with van der Waals surface area (Å²) in [5, 5.41) is 10.5. The number of carbonyl (C=O) groups is 1. The van der Waals surface area contributed by atoms with Gasteiger partial charge < -0.3 is 5.11 Å². The largest absolute Gasteiger partial charge is 0.480 e. The van der Waals surface area contributed by atoms with E-state index in [0.717, 1.165) is 31.5 Å². The molecule has 0 radical (unpaired) electrons. The highest BCUT2D eigenvalue weighted by atomic mass is 35.5. The second-order valence-electron chi connectivity index (χ2n) is 4.93. The lowest BCUT2D eigenvalue weighted by Gasteiger charge is -2.32. The molecule has 1 aromatic rings. The second kappa shape index (κ2) is 6.60. The van der Waals surface area contributed by atoms with Crippen LogP contribution in [0.25, 0.3) is 0 Å². The predicted molar refractivity (Wildman–Crippen MR) is 77.0 cm³/mol. The fourth-order valence-corrected chi connectivity index (χ4v) is 3.13. The van der Waals surface area contributed by atoms with Crippen LogP contribution in [0, 0.1) is 0 Å². The van der Waals surface area contributed by atoms with Crippen molar-refractivity contribution in [2.24, 2.45) is 0 Å². The molecule has 1 aliphatic rings. The van der Waals surface area contributed by atoms with Gasteiger partial charge >= 0.3 is 5.97 Å². The molecule has 0 saturated carbocycles. The van der Waals surface area contributed by atoms with Crippen molar-refractivity contribution >= 4 is 29.2 Å². The number of benzene rings is 1. The van der Waals surface area contributed by atoms with Crippen molar-refractivity contribution in [1.29, 1.82) is 0 Å². The Morgan fingerprint density at radius 1 is 1.16 bits per heavy atom. The van der Waals surface area contributed by atoms with Crippen LogP contribution in [0.3, 0.4) is 0 Å². The Labute approximate surface area is 123 Å². The molecule has 1 aliphatic heterocycles. The molecular formula is C14H17Cl2NO2. The SMILES string of the molecule is O=C(O)C(Cc1cc(Cl)cc(Cl)c1)N1CCCCC1. The summed E-state index contributed by atoms with van der Waals surface area (Å²) in [5.74, 6) is -0.780. The minimum absolute atomic E-state index is 0.440. The molecule has 1 fully saturated rings. The topological polar surface area (TPSA) is 40.5 Å². The van der Waals surface area contributed by atoms with E-state index in [9.17, 15) is 9.90 Å². The second-order valence-corrected chi connectivity index (χ2v) is 5.81. The zero-order valence-electron chi connectivity index (χ0n) is 10.6. The van der Waals surface area contributed by atoms with E-state index in [2.05, 4.69) is 0 Å². The van der Waals surface area contributed by atoms with Crippen LogP contribution in [0.5, 0.6) is 0 Å². The third kappa shape index (κ3) is 4.10. The van der Waals surface area contributed by atoms with Crippen LogP contribution in [0.2, 0.25) is 10.0 Å². The van der Waals surface area contributed by atoms with Crippen molar-refractivity contribution in [3.05, 3.63) is 33.8 Å². The number of aliphatic carboxylic acids is 1. The number of piperidine rings is 1. The Hall–Kier alpha value is -0.770. The van der Waals surface area contributed by atoms with Crippen molar-refractivity contribution in [1.82, 2.24) is 4.90 Å². The first-order valence-corrected chi connectivity index (χ1v) is 7.23. The maximum atomic E-state index is 11.5. The zero-order valence-corrected chi connectivity index (χ0v) is 12.1. The quantitative estimate of drug-likeness (QED) is 0.925. The molecule has 1 unspecified atom stereocenters. The highest BCUT2D eigenvalue weighted by Gasteiger charge is 2.27. The lowest BCUT2D eigenvalue weighted by atomic mass is 10.0. The molecule has 0 aliphatic carbocycles. The summed E-state index contributed by atoms with van der Waals surface area (Å²) in [6.45, 7) is 1.70. The smallest absolute Gasteiger partial charge is 0.321 e. The van der Waals surface area contributed by atoms with Crippen molar-refractivity contribution in [2.75, 3.05) is 13.1 Å². The van der Waals surface area contributed by atoms with E-state index >= 15 is 0 Å². The first kappa shape index (κ1) is 14.6. The van der Waals surface area contributed by atoms with Crippen molar-refractivity contribution < 1.29 is 9.90 Å². The molecule has 0 aromatic heterocycles. The van der Waals surface area contributed by atoms with Crippen LogP contribution in [0.15, 0.2) is 18.2 Å². The van der Waals surface area contributed by atoms with Gasteiger partial charge in [0, 0.05) is 10.0 Å². The molecule has 0 amide bonds. The van der Waals surface area contributed by atoms with E-state index in [0.29, 0.717) is 16.5 Å². The van der Waals surface area contributed by atoms with E-state index in [1.165, 1.54) is 6.42 Å². The van der Waals surface area contributed by atoms with Gasteiger partial charge in [-0.3, -0.25) is 9.69 Å². The summed E-state index contributed by atoms with van der Waals surface area (Å²) >= 11 is 11.9. The molecule has 0 spiro atoms. The van der Waals surface area contributed by atoms with Gasteiger partial charge in [0.15, 0.2) is 0 Å². The van der Waals surface area contributed by atoms with E-state index < -0.39 is 12.0 Å². The van der Waals surface area contributed by atoms with Gasteiger partial charge in [-0.2, -0.15) is 0 Å². The molecule has 1 saturated heterocycles. The highest BCUT2D eigenvalue weighted by molar-refractivity contribution is 6.34. The van der Waals surface area contributed by atoms with Gasteiger partial charge in [0.05, 0.1) is 0 Å². The summed E-state index contributed by atoms with van der Waals surface area (Å²) in [5.41, 5.74) is 0.871. The van der Waals surface area contributed by atoms with Crippen LogP contribution in [0.1, 0.15) is 24.8 Å². The molecule has 5 heteroatoms. The Kier molecular flexibility index (Phi) is 5.08. The van der Waals surface area contributed by atoms with Crippen LogP contribution >= 0.6 is 23.2 Å². The monoisotopic (exact) mass is 301 g/mol. The van der Waals surface area contributed by atoms with Crippen LogP contribution in [0.4, 0.5) is 0 Å². The molecule has 104 valence electrons. The molecule has 2 rings (SSSR count). The molecule has 0 bridgehead atoms. The van der Waals surface area contributed by atoms with Crippen molar-refractivity contribution in [2.45, 2.75) is 31.7 Å². The van der Waals surface area contributed by atoms with Gasteiger partial charge in [0.1, 0.15) is 6.04 Å². The minimum Gasteiger partial charge on any atom is -0.480 e. The maximum Gasteiger partial charge on any atom is 0.321 e. The van der Waals surface area contributed by atoms with E-state index in [1.807, 2.05) is 4.90 Å². The van der Waals surface area contributed by atoms with Gasteiger partial charge in [-0.25, -0.2) is 0 Å². The number of carboxylic acid groups (broad SMARTS) is 1. The normalized spacial score (nSPS) is 18.2. The average molecular weight is 302 g/mol. The minimum atomic E-state index is -0.780.